The summed E-state index contributed by atoms with van der Waals surface area (Å²) in [6.07, 6.45) is 0. The zero-order valence-corrected chi connectivity index (χ0v) is 18.1. The lowest BCUT2D eigenvalue weighted by Gasteiger charge is -2.23. The van der Waals surface area contributed by atoms with E-state index < -0.39 is 5.79 Å². The van der Waals surface area contributed by atoms with Gasteiger partial charge in [-0.1, -0.05) is 49.2 Å². The Morgan fingerprint density at radius 2 is 1.83 bits per heavy atom. The molecule has 1 saturated heterocycles. The van der Waals surface area contributed by atoms with Crippen LogP contribution in [0.1, 0.15) is 36.5 Å². The highest BCUT2D eigenvalue weighted by Crippen LogP contribution is 2.51. The number of anilines is 1. The van der Waals surface area contributed by atoms with Gasteiger partial charge in [0, 0.05) is 0 Å². The van der Waals surface area contributed by atoms with Gasteiger partial charge in [0.05, 0.1) is 41.1 Å². The Bertz CT molecular complexity index is 954. The zero-order chi connectivity index (χ0) is 20.8. The number of aryl methyl sites for hydroxylation is 1. The predicted molar refractivity (Wildman–Crippen MR) is 113 cm³/mol. The first-order valence-corrected chi connectivity index (χ1v) is 10.4. The van der Waals surface area contributed by atoms with Crippen LogP contribution in [-0.2, 0) is 20.1 Å². The zero-order valence-electron chi connectivity index (χ0n) is 16.6. The van der Waals surface area contributed by atoms with Gasteiger partial charge in [0.1, 0.15) is 12.4 Å². The van der Waals surface area contributed by atoms with Crippen molar-refractivity contribution in [3.8, 4) is 5.75 Å². The van der Waals surface area contributed by atoms with Crippen LogP contribution in [0.25, 0.3) is 0 Å². The van der Waals surface area contributed by atoms with Gasteiger partial charge in [-0.25, -0.2) is 0 Å². The third-order valence-corrected chi connectivity index (χ3v) is 5.88. The van der Waals surface area contributed by atoms with Crippen LogP contribution in [-0.4, -0.2) is 32.3 Å². The SMILES string of the molecule is Cc1ccc(C(C)C)c(OCCN2C(=O)C3(OCCO3)c3c(Cl)ccc(Cl)c32)c1. The van der Waals surface area contributed by atoms with E-state index in [1.165, 1.54) is 0 Å². The fourth-order valence-corrected chi connectivity index (χ4v) is 4.42. The van der Waals surface area contributed by atoms with Crippen molar-refractivity contribution in [3.05, 3.63) is 57.1 Å². The highest BCUT2D eigenvalue weighted by molar-refractivity contribution is 6.38. The second-order valence-electron chi connectivity index (χ2n) is 7.57. The number of carbonyl (C=O) groups is 1. The van der Waals surface area contributed by atoms with Crippen LogP contribution in [0, 0.1) is 6.92 Å². The number of halogens is 2. The van der Waals surface area contributed by atoms with Gasteiger partial charge < -0.3 is 19.1 Å². The van der Waals surface area contributed by atoms with E-state index in [9.17, 15) is 4.79 Å². The summed E-state index contributed by atoms with van der Waals surface area (Å²) < 4.78 is 17.6. The molecule has 4 rings (SSSR count). The van der Waals surface area contributed by atoms with Crippen molar-refractivity contribution in [2.24, 2.45) is 0 Å². The second-order valence-corrected chi connectivity index (χ2v) is 8.38. The van der Waals surface area contributed by atoms with E-state index >= 15 is 0 Å². The van der Waals surface area contributed by atoms with Gasteiger partial charge in [0.15, 0.2) is 0 Å². The molecule has 0 N–H and O–H groups in total. The average Bonchev–Trinajstić information content (AvgIpc) is 3.25. The fraction of sp³-hybridized carbons (Fsp3) is 0.409. The maximum absolute atomic E-state index is 13.3. The van der Waals surface area contributed by atoms with Gasteiger partial charge in [-0.2, -0.15) is 0 Å². The number of hydrogen-bond acceptors (Lipinski definition) is 4. The summed E-state index contributed by atoms with van der Waals surface area (Å²) in [5, 5.41) is 0.816. The summed E-state index contributed by atoms with van der Waals surface area (Å²) in [7, 11) is 0. The van der Waals surface area contributed by atoms with Gasteiger partial charge in [0.25, 0.3) is 11.7 Å². The number of nitrogens with zero attached hydrogens (tertiary/aromatic N) is 1. The number of rotatable bonds is 5. The molecule has 0 aliphatic carbocycles. The van der Waals surface area contributed by atoms with Crippen molar-refractivity contribution in [2.45, 2.75) is 32.5 Å². The van der Waals surface area contributed by atoms with Crippen LogP contribution >= 0.6 is 23.2 Å². The molecule has 0 saturated carbocycles. The molecule has 1 amide bonds. The molecule has 7 heteroatoms. The lowest BCUT2D eigenvalue weighted by Crippen LogP contribution is -2.42. The molecule has 29 heavy (non-hydrogen) atoms. The van der Waals surface area contributed by atoms with E-state index in [4.69, 9.17) is 37.4 Å². The molecule has 2 heterocycles. The third kappa shape index (κ3) is 3.40. The highest BCUT2D eigenvalue weighted by atomic mass is 35.5. The molecule has 2 aliphatic heterocycles. The lowest BCUT2D eigenvalue weighted by atomic mass is 10.0. The second kappa shape index (κ2) is 7.80. The van der Waals surface area contributed by atoms with Crippen LogP contribution < -0.4 is 9.64 Å². The van der Waals surface area contributed by atoms with Crippen LogP contribution in [0.15, 0.2) is 30.3 Å². The number of fused-ring (bicyclic) bond motifs is 2. The van der Waals surface area contributed by atoms with Crippen LogP contribution in [0.4, 0.5) is 5.69 Å². The van der Waals surface area contributed by atoms with E-state index in [0.29, 0.717) is 53.6 Å². The molecule has 0 radical (unpaired) electrons. The van der Waals surface area contributed by atoms with E-state index in [0.717, 1.165) is 16.9 Å². The first kappa shape index (κ1) is 20.5. The van der Waals surface area contributed by atoms with Gasteiger partial charge in [-0.05, 0) is 42.2 Å². The Hall–Kier alpha value is -1.79. The number of ether oxygens (including phenoxy) is 3. The van der Waals surface area contributed by atoms with Gasteiger partial charge in [0.2, 0.25) is 0 Å². The molecular formula is C22H23Cl2NO4. The molecule has 0 unspecified atom stereocenters. The van der Waals surface area contributed by atoms with E-state index in [1.54, 1.807) is 17.0 Å². The Balaban J connectivity index is 1.60. The molecule has 0 bridgehead atoms. The quantitative estimate of drug-likeness (QED) is 0.658. The monoisotopic (exact) mass is 435 g/mol. The Morgan fingerprint density at radius 1 is 1.14 bits per heavy atom. The number of amides is 1. The maximum atomic E-state index is 13.3. The lowest BCUT2D eigenvalue weighted by molar-refractivity contribution is -0.180. The average molecular weight is 436 g/mol. The summed E-state index contributed by atoms with van der Waals surface area (Å²) in [4.78, 5) is 14.8. The van der Waals surface area contributed by atoms with E-state index in [2.05, 4.69) is 26.0 Å². The molecule has 2 aromatic rings. The predicted octanol–water partition coefficient (Wildman–Crippen LogP) is 5.05. The largest absolute Gasteiger partial charge is 0.491 e. The van der Waals surface area contributed by atoms with Crippen molar-refractivity contribution >= 4 is 34.8 Å². The minimum atomic E-state index is -1.51. The molecule has 1 fully saturated rings. The summed E-state index contributed by atoms with van der Waals surface area (Å²) in [6.45, 7) is 7.51. The van der Waals surface area contributed by atoms with Gasteiger partial charge in [-0.15, -0.1) is 0 Å². The maximum Gasteiger partial charge on any atom is 0.292 e. The fourth-order valence-electron chi connectivity index (χ4n) is 3.89. The number of benzene rings is 2. The minimum absolute atomic E-state index is 0.297. The van der Waals surface area contributed by atoms with Crippen molar-refractivity contribution in [1.29, 1.82) is 0 Å². The normalized spacial score (nSPS) is 17.4. The van der Waals surface area contributed by atoms with Crippen LogP contribution in [0.3, 0.4) is 0 Å². The van der Waals surface area contributed by atoms with Crippen LogP contribution in [0.5, 0.6) is 5.75 Å². The minimum Gasteiger partial charge on any atom is -0.491 e. The third-order valence-electron chi connectivity index (χ3n) is 5.26. The molecule has 0 atom stereocenters. The Kier molecular flexibility index (Phi) is 5.51. The number of carbonyl (C=O) groups excluding carboxylic acids is 1. The molecule has 5 nitrogen and oxygen atoms in total. The van der Waals surface area contributed by atoms with Crippen molar-refractivity contribution in [1.82, 2.24) is 0 Å². The number of hydrogen-bond donors (Lipinski definition) is 0. The van der Waals surface area contributed by atoms with Crippen molar-refractivity contribution in [3.63, 3.8) is 0 Å². The Morgan fingerprint density at radius 3 is 2.52 bits per heavy atom. The van der Waals surface area contributed by atoms with E-state index in [1.807, 2.05) is 13.0 Å². The Labute approximate surface area is 180 Å². The molecule has 2 aromatic carbocycles. The van der Waals surface area contributed by atoms with Gasteiger partial charge >= 0.3 is 0 Å². The summed E-state index contributed by atoms with van der Waals surface area (Å²) in [5.74, 6) is -0.676. The standard InChI is InChI=1S/C22H23Cl2NO4/c1-13(2)15-5-4-14(3)12-18(15)27-9-8-25-20-17(24)7-6-16(23)19(20)22(21(25)26)28-10-11-29-22/h4-7,12-13H,8-11H2,1-3H3. The molecule has 0 aromatic heterocycles. The summed E-state index contributed by atoms with van der Waals surface area (Å²) >= 11 is 12.9. The summed E-state index contributed by atoms with van der Waals surface area (Å²) in [5.41, 5.74) is 3.26. The summed E-state index contributed by atoms with van der Waals surface area (Å²) in [6, 6.07) is 9.50. The molecular weight excluding hydrogens is 413 g/mol. The van der Waals surface area contributed by atoms with Gasteiger partial charge in [-0.3, -0.25) is 4.79 Å². The molecule has 154 valence electrons. The molecule has 2 aliphatic rings. The van der Waals surface area contributed by atoms with Crippen molar-refractivity contribution in [2.75, 3.05) is 31.3 Å². The highest BCUT2D eigenvalue weighted by Gasteiger charge is 2.57. The topological polar surface area (TPSA) is 48.0 Å². The van der Waals surface area contributed by atoms with Crippen molar-refractivity contribution < 1.29 is 19.0 Å². The smallest absolute Gasteiger partial charge is 0.292 e. The van der Waals surface area contributed by atoms with E-state index in [-0.39, 0.29) is 5.91 Å². The first-order valence-electron chi connectivity index (χ1n) is 9.67. The first-order chi connectivity index (χ1) is 13.8. The van der Waals surface area contributed by atoms with Crippen LogP contribution in [0.2, 0.25) is 10.0 Å². The molecule has 1 spiro atoms.